The van der Waals surface area contributed by atoms with E-state index in [9.17, 15) is 14.7 Å². The minimum absolute atomic E-state index is 0.0770. The van der Waals surface area contributed by atoms with E-state index < -0.39 is 23.5 Å². The van der Waals surface area contributed by atoms with E-state index in [1.54, 1.807) is 12.1 Å². The molecule has 3 aromatic carbocycles. The Labute approximate surface area is 233 Å². The van der Waals surface area contributed by atoms with Crippen molar-refractivity contribution in [2.45, 2.75) is 32.2 Å². The molecule has 0 aromatic heterocycles. The smallest absolute Gasteiger partial charge is 0.300 e. The molecule has 8 heteroatoms. The van der Waals surface area contributed by atoms with Gasteiger partial charge in [0.05, 0.1) is 29.3 Å². The molecule has 0 spiro atoms. The number of carbonyl (C=O) groups is 2. The van der Waals surface area contributed by atoms with Crippen LogP contribution in [0.5, 0.6) is 5.75 Å². The molecule has 1 heterocycles. The number of ketones is 1. The molecule has 1 amide bonds. The summed E-state index contributed by atoms with van der Waals surface area (Å²) in [5.41, 5.74) is 3.19. The number of Topliss-reactive ketones (excluding diaryl/α,β-unsaturated/α-hetero) is 1. The minimum atomic E-state index is -0.892. The van der Waals surface area contributed by atoms with Crippen molar-refractivity contribution in [1.29, 1.82) is 0 Å². The summed E-state index contributed by atoms with van der Waals surface area (Å²) >= 11 is 12.6. The van der Waals surface area contributed by atoms with E-state index in [4.69, 9.17) is 27.9 Å². The number of nitrogens with zero attached hydrogens (tertiary/aromatic N) is 2. The fraction of sp³-hybridized carbons (Fsp3) is 0.267. The van der Waals surface area contributed by atoms with Gasteiger partial charge in [-0.05, 0) is 52.9 Å². The molecule has 4 rings (SSSR count). The number of ether oxygens (including phenoxy) is 1. The Bertz CT molecular complexity index is 1420. The van der Waals surface area contributed by atoms with Crippen molar-refractivity contribution >= 4 is 52.0 Å². The molecule has 1 atom stereocenters. The first kappa shape index (κ1) is 27.6. The van der Waals surface area contributed by atoms with Gasteiger partial charge in [0.1, 0.15) is 11.5 Å². The average Bonchev–Trinajstić information content (AvgIpc) is 3.13. The Hall–Kier alpha value is -3.48. The number of methoxy groups -OCH3 is 1. The van der Waals surface area contributed by atoms with Crippen LogP contribution in [0.1, 0.15) is 43.5 Å². The van der Waals surface area contributed by atoms with E-state index in [2.05, 4.69) is 20.8 Å². The molecule has 1 unspecified atom stereocenters. The highest BCUT2D eigenvalue weighted by molar-refractivity contribution is 6.52. The van der Waals surface area contributed by atoms with Crippen LogP contribution >= 0.6 is 23.2 Å². The Balaban J connectivity index is 1.97. The van der Waals surface area contributed by atoms with Gasteiger partial charge in [0.25, 0.3) is 11.7 Å². The van der Waals surface area contributed by atoms with Crippen LogP contribution in [0.4, 0.5) is 11.4 Å². The zero-order chi connectivity index (χ0) is 27.9. The number of rotatable bonds is 5. The maximum atomic E-state index is 13.5. The average molecular weight is 553 g/mol. The van der Waals surface area contributed by atoms with Gasteiger partial charge in [0.2, 0.25) is 0 Å². The molecule has 0 saturated carbocycles. The summed E-state index contributed by atoms with van der Waals surface area (Å²) in [5, 5.41) is 12.0. The number of halogens is 2. The lowest BCUT2D eigenvalue weighted by Crippen LogP contribution is -2.29. The zero-order valence-electron chi connectivity index (χ0n) is 22.2. The molecule has 1 aliphatic rings. The maximum Gasteiger partial charge on any atom is 0.300 e. The number of hydrogen-bond acceptors (Lipinski definition) is 5. The number of anilines is 2. The van der Waals surface area contributed by atoms with Gasteiger partial charge < -0.3 is 14.7 Å². The second kappa shape index (κ2) is 10.4. The van der Waals surface area contributed by atoms with Crippen LogP contribution < -0.4 is 14.5 Å². The molecule has 3 aromatic rings. The molecule has 0 bridgehead atoms. The molecule has 1 N–H and O–H groups in total. The standard InChI is InChI=1S/C30H30Cl2N2O4/c1-30(2,3)18-9-7-17(8-10-18)25-24(26(35)22-15-19(31)16-23(32)28(22)38-6)27(36)29(37)34(25)21-13-11-20(12-14-21)33(4)5/h7-16,25,35H,1-6H3/b26-24+. The summed E-state index contributed by atoms with van der Waals surface area (Å²) in [6.07, 6.45) is 0. The number of aliphatic hydroxyl groups is 1. The predicted molar refractivity (Wildman–Crippen MR) is 154 cm³/mol. The Morgan fingerprint density at radius 2 is 1.58 bits per heavy atom. The summed E-state index contributed by atoms with van der Waals surface area (Å²) in [7, 11) is 5.24. The lowest BCUT2D eigenvalue weighted by molar-refractivity contribution is -0.132. The van der Waals surface area contributed by atoms with Crippen molar-refractivity contribution in [3.05, 3.63) is 93.0 Å². The first-order valence-electron chi connectivity index (χ1n) is 12.1. The van der Waals surface area contributed by atoms with E-state index in [0.29, 0.717) is 11.3 Å². The van der Waals surface area contributed by atoms with E-state index >= 15 is 0 Å². The van der Waals surface area contributed by atoms with E-state index in [-0.39, 0.29) is 32.3 Å². The molecule has 38 heavy (non-hydrogen) atoms. The van der Waals surface area contributed by atoms with Crippen LogP contribution in [-0.2, 0) is 15.0 Å². The fourth-order valence-corrected chi connectivity index (χ4v) is 5.15. The molecule has 1 aliphatic heterocycles. The van der Waals surface area contributed by atoms with Crippen molar-refractivity contribution in [1.82, 2.24) is 0 Å². The van der Waals surface area contributed by atoms with Crippen LogP contribution in [0.15, 0.2) is 66.2 Å². The van der Waals surface area contributed by atoms with Crippen molar-refractivity contribution in [2.75, 3.05) is 31.0 Å². The lowest BCUT2D eigenvalue weighted by atomic mass is 9.85. The zero-order valence-corrected chi connectivity index (χ0v) is 23.7. The van der Waals surface area contributed by atoms with Gasteiger partial charge >= 0.3 is 0 Å². The molecule has 1 saturated heterocycles. The SMILES string of the molecule is COc1c(Cl)cc(Cl)cc1/C(O)=C1\C(=O)C(=O)N(c2ccc(N(C)C)cc2)C1c1ccc(C(C)(C)C)cc1. The van der Waals surface area contributed by atoms with E-state index in [1.807, 2.05) is 55.4 Å². The second-order valence-corrected chi connectivity index (χ2v) is 11.3. The number of aliphatic hydroxyl groups excluding tert-OH is 1. The maximum absolute atomic E-state index is 13.5. The summed E-state index contributed by atoms with van der Waals surface area (Å²) in [6.45, 7) is 6.32. The molecular formula is C30H30Cl2N2O4. The van der Waals surface area contributed by atoms with E-state index in [0.717, 1.165) is 11.3 Å². The number of amides is 1. The van der Waals surface area contributed by atoms with Gasteiger partial charge in [-0.2, -0.15) is 0 Å². The molecule has 1 fully saturated rings. The highest BCUT2D eigenvalue weighted by atomic mass is 35.5. The minimum Gasteiger partial charge on any atom is -0.507 e. The van der Waals surface area contributed by atoms with Gasteiger partial charge in [-0.1, -0.05) is 68.2 Å². The van der Waals surface area contributed by atoms with Crippen LogP contribution in [0, 0.1) is 0 Å². The van der Waals surface area contributed by atoms with E-state index in [1.165, 1.54) is 24.1 Å². The van der Waals surface area contributed by atoms with Gasteiger partial charge in [-0.3, -0.25) is 14.5 Å². The number of hydrogen-bond donors (Lipinski definition) is 1. The Morgan fingerprint density at radius 3 is 2.11 bits per heavy atom. The number of benzene rings is 3. The highest BCUT2D eigenvalue weighted by Gasteiger charge is 2.47. The summed E-state index contributed by atoms with van der Waals surface area (Å²) in [5.74, 6) is -1.83. The number of carbonyl (C=O) groups excluding carboxylic acids is 2. The molecule has 0 aliphatic carbocycles. The van der Waals surface area contributed by atoms with Crippen LogP contribution in [0.25, 0.3) is 5.76 Å². The molecule has 6 nitrogen and oxygen atoms in total. The molecular weight excluding hydrogens is 523 g/mol. The monoisotopic (exact) mass is 552 g/mol. The van der Waals surface area contributed by atoms with Crippen LogP contribution in [0.3, 0.4) is 0 Å². The fourth-order valence-electron chi connectivity index (χ4n) is 4.58. The lowest BCUT2D eigenvalue weighted by Gasteiger charge is -2.27. The van der Waals surface area contributed by atoms with Crippen LogP contribution in [-0.4, -0.2) is 38.0 Å². The highest BCUT2D eigenvalue weighted by Crippen LogP contribution is 2.45. The predicted octanol–water partition coefficient (Wildman–Crippen LogP) is 6.99. The van der Waals surface area contributed by atoms with Gasteiger partial charge in [-0.15, -0.1) is 0 Å². The Morgan fingerprint density at radius 1 is 0.974 bits per heavy atom. The van der Waals surface area contributed by atoms with Gasteiger partial charge in [0, 0.05) is 30.5 Å². The van der Waals surface area contributed by atoms with Crippen molar-refractivity contribution in [3.63, 3.8) is 0 Å². The molecule has 198 valence electrons. The van der Waals surface area contributed by atoms with Crippen LogP contribution in [0.2, 0.25) is 10.0 Å². The third-order valence-corrected chi connectivity index (χ3v) is 7.15. The van der Waals surface area contributed by atoms with Crippen molar-refractivity contribution in [2.24, 2.45) is 0 Å². The third kappa shape index (κ3) is 4.98. The van der Waals surface area contributed by atoms with Crippen molar-refractivity contribution in [3.8, 4) is 5.75 Å². The topological polar surface area (TPSA) is 70.1 Å². The summed E-state index contributed by atoms with van der Waals surface area (Å²) in [6, 6.07) is 17.1. The largest absolute Gasteiger partial charge is 0.507 e. The van der Waals surface area contributed by atoms with Gasteiger partial charge in [0.15, 0.2) is 0 Å². The normalized spacial score (nSPS) is 17.2. The second-order valence-electron chi connectivity index (χ2n) is 10.4. The Kier molecular flexibility index (Phi) is 7.51. The third-order valence-electron chi connectivity index (χ3n) is 6.65. The quantitative estimate of drug-likeness (QED) is 0.210. The first-order chi connectivity index (χ1) is 17.8. The first-order valence-corrected chi connectivity index (χ1v) is 12.8. The van der Waals surface area contributed by atoms with Gasteiger partial charge in [-0.25, -0.2) is 0 Å². The van der Waals surface area contributed by atoms with Crippen molar-refractivity contribution < 1.29 is 19.4 Å². The summed E-state index contributed by atoms with van der Waals surface area (Å²) < 4.78 is 5.42. The molecule has 0 radical (unpaired) electrons. The summed E-state index contributed by atoms with van der Waals surface area (Å²) in [4.78, 5) is 30.4.